The van der Waals surface area contributed by atoms with Gasteiger partial charge >= 0.3 is 5.97 Å². The summed E-state index contributed by atoms with van der Waals surface area (Å²) in [6.07, 6.45) is 0.984. The van der Waals surface area contributed by atoms with Crippen LogP contribution in [0.3, 0.4) is 0 Å². The van der Waals surface area contributed by atoms with Crippen molar-refractivity contribution >= 4 is 29.4 Å². The molecule has 0 spiro atoms. The first-order valence-electron chi connectivity index (χ1n) is 20.9. The summed E-state index contributed by atoms with van der Waals surface area (Å²) in [7, 11) is 1.48. The number of ketones is 2. The first-order chi connectivity index (χ1) is 29.5. The number of nitrogens with two attached hydrogens (primary N) is 3. The van der Waals surface area contributed by atoms with E-state index >= 15 is 0 Å². The van der Waals surface area contributed by atoms with Crippen molar-refractivity contribution in [2.24, 2.45) is 29.0 Å². The number of nitrogens with zero attached hydrogens (tertiary/aromatic N) is 3. The summed E-state index contributed by atoms with van der Waals surface area (Å²) in [5, 5.41) is 12.7. The molecule has 330 valence electrons. The highest BCUT2D eigenvalue weighted by Gasteiger charge is 2.36. The number of hydrogen-bond donors (Lipinski definition) is 5. The second-order valence-electron chi connectivity index (χ2n) is 16.8. The quantitative estimate of drug-likeness (QED) is 0.103. The largest absolute Gasteiger partial charge is 0.492 e. The number of Topliss-reactive ketones (excluding diaryl/α,β-unsaturated/α-hetero) is 2. The molecule has 2 amide bonds. The van der Waals surface area contributed by atoms with E-state index < -0.39 is 47.5 Å². The van der Waals surface area contributed by atoms with Crippen molar-refractivity contribution in [2.45, 2.75) is 77.8 Å². The second-order valence-corrected chi connectivity index (χ2v) is 16.8. The van der Waals surface area contributed by atoms with Crippen molar-refractivity contribution in [2.75, 3.05) is 39.9 Å². The third kappa shape index (κ3) is 11.3. The van der Waals surface area contributed by atoms with Gasteiger partial charge in [0.25, 0.3) is 0 Å². The molecule has 0 aliphatic carbocycles. The number of amides is 2. The molecule has 4 bridgehead atoms. The monoisotopic (exact) mass is 849 g/mol. The molecule has 62 heavy (non-hydrogen) atoms. The van der Waals surface area contributed by atoms with E-state index in [9.17, 15) is 29.1 Å². The molecular weight excluding hydrogens is 791 g/mol. The summed E-state index contributed by atoms with van der Waals surface area (Å²) in [5.74, 6) is -3.88. The van der Waals surface area contributed by atoms with Gasteiger partial charge in [0.2, 0.25) is 11.8 Å². The minimum atomic E-state index is -1.31. The zero-order chi connectivity index (χ0) is 45.3. The molecule has 1 aliphatic rings. The number of nitrogens with one attached hydrogen (secondary N) is 1. The fourth-order valence-electron chi connectivity index (χ4n) is 7.58. The van der Waals surface area contributed by atoms with Crippen LogP contribution in [0.5, 0.6) is 11.5 Å². The molecule has 0 fully saturated rings. The number of carboxylic acids is 1. The second kappa shape index (κ2) is 20.7. The molecule has 4 atom stereocenters. The fourth-order valence-corrected chi connectivity index (χ4v) is 7.58. The maximum absolute atomic E-state index is 14.6. The fraction of sp³-hybridized carbons (Fsp3) is 0.426. The molecule has 5 rings (SSSR count). The summed E-state index contributed by atoms with van der Waals surface area (Å²) in [4.78, 5) is 79.5. The van der Waals surface area contributed by atoms with Crippen LogP contribution in [0.1, 0.15) is 85.7 Å². The topological polar surface area (TPSA) is 243 Å². The van der Waals surface area contributed by atoms with E-state index in [0.29, 0.717) is 45.3 Å². The van der Waals surface area contributed by atoms with E-state index in [-0.39, 0.29) is 75.3 Å². The van der Waals surface area contributed by atoms with Gasteiger partial charge in [-0.1, -0.05) is 64.1 Å². The molecule has 0 radical (unpaired) electrons. The van der Waals surface area contributed by atoms with Crippen LogP contribution >= 0.6 is 0 Å². The summed E-state index contributed by atoms with van der Waals surface area (Å²) in [5.41, 5.74) is 22.3. The molecular formula is C47H59N7O8. The highest BCUT2D eigenvalue weighted by Crippen LogP contribution is 2.41. The van der Waals surface area contributed by atoms with Crippen LogP contribution in [0.15, 0.2) is 66.9 Å². The normalized spacial score (nSPS) is 17.3. The number of rotatable bonds is 15. The summed E-state index contributed by atoms with van der Waals surface area (Å²) >= 11 is 0. The number of fused-ring (bicyclic) bond motifs is 5. The Morgan fingerprint density at radius 2 is 1.53 bits per heavy atom. The number of benzene rings is 3. The first kappa shape index (κ1) is 47.0. The minimum Gasteiger partial charge on any atom is -0.492 e. The molecule has 2 heterocycles. The van der Waals surface area contributed by atoms with Gasteiger partial charge < -0.3 is 42.0 Å². The van der Waals surface area contributed by atoms with E-state index in [0.717, 1.165) is 11.1 Å². The van der Waals surface area contributed by atoms with Crippen LogP contribution in [0.25, 0.3) is 22.5 Å². The van der Waals surface area contributed by atoms with Crippen molar-refractivity contribution in [3.05, 3.63) is 94.8 Å². The number of hydrogen-bond acceptors (Lipinski definition) is 12. The van der Waals surface area contributed by atoms with Gasteiger partial charge in [0.15, 0.2) is 17.4 Å². The smallest absolute Gasteiger partial charge is 0.326 e. The zero-order valence-electron chi connectivity index (χ0n) is 36.4. The van der Waals surface area contributed by atoms with Gasteiger partial charge in [-0.3, -0.25) is 19.2 Å². The van der Waals surface area contributed by atoms with Crippen LogP contribution in [0.2, 0.25) is 0 Å². The molecule has 1 aliphatic heterocycles. The molecule has 15 nitrogen and oxygen atoms in total. The van der Waals surface area contributed by atoms with Crippen molar-refractivity contribution < 1.29 is 38.6 Å². The number of carboxylic acid groups (broad SMARTS) is 1. The predicted molar refractivity (Wildman–Crippen MR) is 236 cm³/mol. The Bertz CT molecular complexity index is 2270. The molecule has 4 aromatic rings. The molecule has 0 saturated carbocycles. The number of carbonyl (C=O) groups excluding carboxylic acids is 4. The Labute approximate surface area is 362 Å². The third-order valence-corrected chi connectivity index (χ3v) is 11.0. The van der Waals surface area contributed by atoms with Gasteiger partial charge in [-0.15, -0.1) is 0 Å². The summed E-state index contributed by atoms with van der Waals surface area (Å²) in [6.45, 7) is 10.5. The van der Waals surface area contributed by atoms with E-state index in [1.165, 1.54) is 25.1 Å². The van der Waals surface area contributed by atoms with Crippen LogP contribution in [0.4, 0.5) is 0 Å². The molecule has 15 heteroatoms. The number of aromatic nitrogens is 2. The van der Waals surface area contributed by atoms with Crippen LogP contribution in [-0.2, 0) is 31.0 Å². The lowest BCUT2D eigenvalue weighted by Crippen LogP contribution is -2.45. The molecule has 0 unspecified atom stereocenters. The minimum absolute atomic E-state index is 0.0254. The number of carbonyl (C=O) groups is 5. The van der Waals surface area contributed by atoms with Gasteiger partial charge in [-0.05, 0) is 66.3 Å². The lowest BCUT2D eigenvalue weighted by atomic mass is 9.86. The molecule has 3 aromatic carbocycles. The number of aliphatic carboxylic acids is 1. The Hall–Kier alpha value is -6.03. The first-order valence-corrected chi connectivity index (χ1v) is 20.9. The van der Waals surface area contributed by atoms with Gasteiger partial charge in [0, 0.05) is 74.1 Å². The van der Waals surface area contributed by atoms with Crippen LogP contribution < -0.4 is 32.0 Å². The van der Waals surface area contributed by atoms with Crippen molar-refractivity contribution in [1.82, 2.24) is 20.2 Å². The Kier molecular flexibility index (Phi) is 15.7. The number of ether oxygens (including phenoxy) is 2. The summed E-state index contributed by atoms with van der Waals surface area (Å²) in [6, 6.07) is 15.6. The molecule has 8 N–H and O–H groups in total. The lowest BCUT2D eigenvalue weighted by Gasteiger charge is -2.32. The average Bonchev–Trinajstić information content (AvgIpc) is 3.23. The van der Waals surface area contributed by atoms with E-state index in [1.807, 2.05) is 24.3 Å². The standard InChI is InChI=1S/C47H59N7O8/c1-27-21-39(56)42(54(6)45(58)32(15-16-48)25-38(55)36-26-51-43(52-28(36)2)30-8-11-33(12-9-30)47(3,4)5)31-10-14-41(62-20-18-50)35(24-31)34-22-29(7-13-40(34)61-19-17-49)23-37(46(59)60)53-44(27)57/h7-14,22,24,26-27,32,37,42H,15-21,23,25,48-50H2,1-6H3,(H,53,57)(H,59,60)/t27-,32-,37+,42+/m1/s1. The van der Waals surface area contributed by atoms with Gasteiger partial charge in [0.1, 0.15) is 36.8 Å². The number of aryl methyl sites for hydroxylation is 1. The Morgan fingerprint density at radius 3 is 2.11 bits per heavy atom. The Morgan fingerprint density at radius 1 is 0.903 bits per heavy atom. The molecule has 1 aromatic heterocycles. The maximum atomic E-state index is 14.6. The van der Waals surface area contributed by atoms with E-state index in [2.05, 4.69) is 36.1 Å². The van der Waals surface area contributed by atoms with Crippen molar-refractivity contribution in [1.29, 1.82) is 0 Å². The van der Waals surface area contributed by atoms with Gasteiger partial charge in [0.05, 0.1) is 11.3 Å². The predicted octanol–water partition coefficient (Wildman–Crippen LogP) is 4.55. The zero-order valence-corrected chi connectivity index (χ0v) is 36.4. The lowest BCUT2D eigenvalue weighted by molar-refractivity contribution is -0.144. The maximum Gasteiger partial charge on any atom is 0.326 e. The van der Waals surface area contributed by atoms with Crippen molar-refractivity contribution in [3.8, 4) is 34.0 Å². The highest BCUT2D eigenvalue weighted by atomic mass is 16.5. The molecule has 0 saturated heterocycles. The highest BCUT2D eigenvalue weighted by molar-refractivity contribution is 6.00. The third-order valence-electron chi connectivity index (χ3n) is 11.0. The van der Waals surface area contributed by atoms with Gasteiger partial charge in [-0.2, -0.15) is 0 Å². The number of likely N-dealkylation sites (N-methyl/N-ethyl adjacent to an activating group) is 1. The Balaban J connectivity index is 1.54. The van der Waals surface area contributed by atoms with Crippen LogP contribution in [0, 0.1) is 18.8 Å². The van der Waals surface area contributed by atoms with Crippen molar-refractivity contribution in [3.63, 3.8) is 0 Å². The van der Waals surface area contributed by atoms with E-state index in [4.69, 9.17) is 26.7 Å². The summed E-state index contributed by atoms with van der Waals surface area (Å²) < 4.78 is 12.1. The van der Waals surface area contributed by atoms with E-state index in [1.54, 1.807) is 43.3 Å². The van der Waals surface area contributed by atoms with Crippen LogP contribution in [-0.4, -0.2) is 95.3 Å². The SMILES string of the molecule is Cc1nc(-c2ccc(C(C)(C)C)cc2)ncc1C(=O)C[C@@H](CCN)C(=O)N(C)[C@@H]1C(=O)C[C@@H](C)C(=O)N[C@H](C(=O)O)Cc2ccc(OCCN)c(c2)-c2cc1ccc2OCCN. The average molecular weight is 850 g/mol. The van der Waals surface area contributed by atoms with Gasteiger partial charge in [-0.25, -0.2) is 14.8 Å².